The highest BCUT2D eigenvalue weighted by Gasteiger charge is 2.38. The zero-order valence-corrected chi connectivity index (χ0v) is 7.84. The molecule has 1 heteroatoms. The fourth-order valence-electron chi connectivity index (χ4n) is 2.33. The summed E-state index contributed by atoms with van der Waals surface area (Å²) in [6.45, 7) is 2.16. The van der Waals surface area contributed by atoms with E-state index in [0.29, 0.717) is 6.42 Å². The van der Waals surface area contributed by atoms with Crippen LogP contribution in [0, 0.1) is 17.8 Å². The van der Waals surface area contributed by atoms with Crippen LogP contribution in [0.25, 0.3) is 0 Å². The van der Waals surface area contributed by atoms with Crippen molar-refractivity contribution >= 4 is 0 Å². The van der Waals surface area contributed by atoms with Crippen molar-refractivity contribution in [3.05, 3.63) is 0 Å². The molecular formula is C11H18O. The number of aliphatic hydroxyl groups excluding tert-OH is 1. The molecule has 1 aliphatic carbocycles. The molecule has 1 aliphatic rings. The first-order chi connectivity index (χ1) is 5.75. The normalized spacial score (nSPS) is 23.4. The van der Waals surface area contributed by atoms with Crippen molar-refractivity contribution in [1.29, 1.82) is 0 Å². The number of terminal acetylenes is 1. The summed E-state index contributed by atoms with van der Waals surface area (Å²) < 4.78 is 0. The van der Waals surface area contributed by atoms with Gasteiger partial charge in [0.1, 0.15) is 0 Å². The van der Waals surface area contributed by atoms with Gasteiger partial charge in [-0.1, -0.05) is 19.8 Å². The standard InChI is InChI=1S/C11H18O/c1-3-7-10(12)11(4-2)8-5-6-9-11/h1,10,12H,4-9H2,2H3. The van der Waals surface area contributed by atoms with Crippen molar-refractivity contribution in [2.24, 2.45) is 5.41 Å². The van der Waals surface area contributed by atoms with Crippen LogP contribution in [0.1, 0.15) is 45.4 Å². The first-order valence-electron chi connectivity index (χ1n) is 4.87. The smallest absolute Gasteiger partial charge is 0.0705 e. The van der Waals surface area contributed by atoms with E-state index in [1.54, 1.807) is 0 Å². The van der Waals surface area contributed by atoms with Gasteiger partial charge in [0.05, 0.1) is 6.10 Å². The zero-order valence-electron chi connectivity index (χ0n) is 7.84. The monoisotopic (exact) mass is 166 g/mol. The minimum absolute atomic E-state index is 0.159. The Morgan fingerprint density at radius 1 is 1.50 bits per heavy atom. The summed E-state index contributed by atoms with van der Waals surface area (Å²) in [6, 6.07) is 0. The van der Waals surface area contributed by atoms with Crippen molar-refractivity contribution in [3.63, 3.8) is 0 Å². The molecule has 1 fully saturated rings. The van der Waals surface area contributed by atoms with E-state index in [1.807, 2.05) is 0 Å². The quantitative estimate of drug-likeness (QED) is 0.638. The van der Waals surface area contributed by atoms with Crippen molar-refractivity contribution < 1.29 is 5.11 Å². The van der Waals surface area contributed by atoms with Crippen LogP contribution in [0.2, 0.25) is 0 Å². The zero-order chi connectivity index (χ0) is 9.03. The summed E-state index contributed by atoms with van der Waals surface area (Å²) in [6.07, 6.45) is 11.4. The third-order valence-electron chi connectivity index (χ3n) is 3.32. The summed E-state index contributed by atoms with van der Waals surface area (Å²) in [4.78, 5) is 0. The average Bonchev–Trinajstić information content (AvgIpc) is 2.54. The largest absolute Gasteiger partial charge is 0.392 e. The van der Waals surface area contributed by atoms with Gasteiger partial charge < -0.3 is 5.11 Å². The molecule has 0 amide bonds. The summed E-state index contributed by atoms with van der Waals surface area (Å²) in [5, 5.41) is 9.86. The molecule has 0 heterocycles. The van der Waals surface area contributed by atoms with Gasteiger partial charge in [-0.05, 0) is 24.7 Å². The maximum Gasteiger partial charge on any atom is 0.0705 e. The van der Waals surface area contributed by atoms with Crippen LogP contribution in [0.5, 0.6) is 0 Å². The third-order valence-corrected chi connectivity index (χ3v) is 3.32. The summed E-state index contributed by atoms with van der Waals surface area (Å²) in [5.74, 6) is 2.55. The molecule has 0 bridgehead atoms. The van der Waals surface area contributed by atoms with Gasteiger partial charge in [-0.15, -0.1) is 12.3 Å². The predicted molar refractivity (Wildman–Crippen MR) is 50.6 cm³/mol. The average molecular weight is 166 g/mol. The van der Waals surface area contributed by atoms with Crippen molar-refractivity contribution in [2.75, 3.05) is 0 Å². The van der Waals surface area contributed by atoms with Crippen LogP contribution in [0.3, 0.4) is 0 Å². The lowest BCUT2D eigenvalue weighted by Gasteiger charge is -2.32. The topological polar surface area (TPSA) is 20.2 Å². The van der Waals surface area contributed by atoms with E-state index in [-0.39, 0.29) is 11.5 Å². The van der Waals surface area contributed by atoms with Crippen LogP contribution in [-0.2, 0) is 0 Å². The molecule has 0 saturated heterocycles. The van der Waals surface area contributed by atoms with Gasteiger partial charge in [-0.25, -0.2) is 0 Å². The molecule has 0 radical (unpaired) electrons. The lowest BCUT2D eigenvalue weighted by atomic mass is 9.77. The van der Waals surface area contributed by atoms with Gasteiger partial charge in [0.15, 0.2) is 0 Å². The Labute approximate surface area is 75.2 Å². The molecule has 1 N–H and O–H groups in total. The Bertz CT molecular complexity index is 172. The van der Waals surface area contributed by atoms with Gasteiger partial charge in [-0.3, -0.25) is 0 Å². The molecule has 12 heavy (non-hydrogen) atoms. The third kappa shape index (κ3) is 1.64. The molecule has 0 spiro atoms. The number of hydrogen-bond acceptors (Lipinski definition) is 1. The highest BCUT2D eigenvalue weighted by Crippen LogP contribution is 2.44. The van der Waals surface area contributed by atoms with Crippen LogP contribution in [-0.4, -0.2) is 11.2 Å². The Kier molecular flexibility index (Phi) is 3.17. The van der Waals surface area contributed by atoms with Gasteiger partial charge in [0.2, 0.25) is 0 Å². The molecule has 1 nitrogen and oxygen atoms in total. The second-order valence-electron chi connectivity index (χ2n) is 3.85. The van der Waals surface area contributed by atoms with E-state index in [4.69, 9.17) is 6.42 Å². The van der Waals surface area contributed by atoms with Crippen LogP contribution >= 0.6 is 0 Å². The van der Waals surface area contributed by atoms with Crippen molar-refractivity contribution in [2.45, 2.75) is 51.6 Å². The SMILES string of the molecule is C#CCC(O)C1(CC)CCCC1. The van der Waals surface area contributed by atoms with Crippen molar-refractivity contribution in [1.82, 2.24) is 0 Å². The van der Waals surface area contributed by atoms with E-state index in [2.05, 4.69) is 12.8 Å². The Morgan fingerprint density at radius 3 is 2.50 bits per heavy atom. The van der Waals surface area contributed by atoms with Gasteiger partial charge >= 0.3 is 0 Å². The minimum Gasteiger partial charge on any atom is -0.392 e. The van der Waals surface area contributed by atoms with Crippen LogP contribution in [0.15, 0.2) is 0 Å². The second-order valence-corrected chi connectivity index (χ2v) is 3.85. The number of rotatable bonds is 3. The molecule has 68 valence electrons. The molecule has 1 saturated carbocycles. The molecule has 1 rings (SSSR count). The van der Waals surface area contributed by atoms with Gasteiger partial charge in [-0.2, -0.15) is 0 Å². The summed E-state index contributed by atoms with van der Waals surface area (Å²) in [7, 11) is 0. The molecule has 0 aromatic rings. The molecule has 0 aromatic carbocycles. The van der Waals surface area contributed by atoms with Crippen molar-refractivity contribution in [3.8, 4) is 12.3 Å². The lowest BCUT2D eigenvalue weighted by Crippen LogP contribution is -2.31. The molecule has 1 unspecified atom stereocenters. The molecule has 0 aliphatic heterocycles. The fraction of sp³-hybridized carbons (Fsp3) is 0.818. The van der Waals surface area contributed by atoms with Crippen LogP contribution < -0.4 is 0 Å². The van der Waals surface area contributed by atoms with E-state index < -0.39 is 0 Å². The molecule has 1 atom stereocenters. The van der Waals surface area contributed by atoms with E-state index in [0.717, 1.165) is 19.3 Å². The maximum atomic E-state index is 9.86. The predicted octanol–water partition coefficient (Wildman–Crippen LogP) is 2.34. The van der Waals surface area contributed by atoms with Gasteiger partial charge in [0, 0.05) is 6.42 Å². The first-order valence-corrected chi connectivity index (χ1v) is 4.87. The lowest BCUT2D eigenvalue weighted by molar-refractivity contribution is 0.0294. The highest BCUT2D eigenvalue weighted by molar-refractivity contribution is 4.96. The number of aliphatic hydroxyl groups is 1. The minimum atomic E-state index is -0.269. The summed E-state index contributed by atoms with van der Waals surface area (Å²) >= 11 is 0. The first kappa shape index (κ1) is 9.61. The Balaban J connectivity index is 2.60. The molecule has 0 aromatic heterocycles. The maximum absolute atomic E-state index is 9.86. The Morgan fingerprint density at radius 2 is 2.08 bits per heavy atom. The highest BCUT2D eigenvalue weighted by atomic mass is 16.3. The second kappa shape index (κ2) is 3.96. The van der Waals surface area contributed by atoms with E-state index in [1.165, 1.54) is 12.8 Å². The van der Waals surface area contributed by atoms with E-state index >= 15 is 0 Å². The Hall–Kier alpha value is -0.480. The number of hydrogen-bond donors (Lipinski definition) is 1. The molecular weight excluding hydrogens is 148 g/mol. The van der Waals surface area contributed by atoms with Crippen LogP contribution in [0.4, 0.5) is 0 Å². The van der Waals surface area contributed by atoms with E-state index in [9.17, 15) is 5.11 Å². The summed E-state index contributed by atoms with van der Waals surface area (Å²) in [5.41, 5.74) is 0.159. The fourth-order valence-corrected chi connectivity index (χ4v) is 2.33. The van der Waals surface area contributed by atoms with Gasteiger partial charge in [0.25, 0.3) is 0 Å².